The number of H-pyrrole nitrogens is 1. The van der Waals surface area contributed by atoms with Gasteiger partial charge in [-0.1, -0.05) is 30.0 Å². The number of aromatic amines is 1. The lowest BCUT2D eigenvalue weighted by Crippen LogP contribution is -2.05. The summed E-state index contributed by atoms with van der Waals surface area (Å²) in [6, 6.07) is 8.86. The van der Waals surface area contributed by atoms with Gasteiger partial charge in [0.15, 0.2) is 5.16 Å². The minimum absolute atomic E-state index is 0.183. The first-order valence-corrected chi connectivity index (χ1v) is 5.98. The number of aliphatic hydroxyl groups excluding tert-OH is 1. The number of nitrogens with zero attached hydrogens (tertiary/aromatic N) is 1. The standard InChI is InChI=1S/C12H12N2O2S/c1-8(15)9-4-2-3-5-10(9)17-12-13-7-6-11(16)14-12/h2-8,15H,1H3,(H,13,14,16)/t8-/m1/s1. The highest BCUT2D eigenvalue weighted by atomic mass is 32.2. The van der Waals surface area contributed by atoms with Gasteiger partial charge in [-0.15, -0.1) is 0 Å². The van der Waals surface area contributed by atoms with Gasteiger partial charge < -0.3 is 10.1 Å². The van der Waals surface area contributed by atoms with E-state index in [1.54, 1.807) is 6.92 Å². The number of benzene rings is 1. The molecule has 1 atom stereocenters. The molecule has 1 heterocycles. The van der Waals surface area contributed by atoms with Crippen LogP contribution >= 0.6 is 11.8 Å². The maximum atomic E-state index is 11.1. The van der Waals surface area contributed by atoms with E-state index in [4.69, 9.17) is 0 Å². The summed E-state index contributed by atoms with van der Waals surface area (Å²) in [5.41, 5.74) is 0.640. The molecule has 2 N–H and O–H groups in total. The summed E-state index contributed by atoms with van der Waals surface area (Å²) < 4.78 is 0. The number of hydrogen-bond donors (Lipinski definition) is 2. The molecular formula is C12H12N2O2S. The fourth-order valence-corrected chi connectivity index (χ4v) is 2.40. The molecule has 0 radical (unpaired) electrons. The van der Waals surface area contributed by atoms with E-state index in [9.17, 15) is 9.90 Å². The summed E-state index contributed by atoms with van der Waals surface area (Å²) in [6.45, 7) is 1.71. The Morgan fingerprint density at radius 3 is 2.82 bits per heavy atom. The quantitative estimate of drug-likeness (QED) is 0.815. The molecule has 0 aliphatic carbocycles. The van der Waals surface area contributed by atoms with Gasteiger partial charge in [-0.3, -0.25) is 4.79 Å². The molecule has 0 aliphatic heterocycles. The summed E-state index contributed by atoms with van der Waals surface area (Å²) >= 11 is 1.33. The van der Waals surface area contributed by atoms with Crippen molar-refractivity contribution in [2.24, 2.45) is 0 Å². The first-order chi connectivity index (χ1) is 8.16. The molecule has 1 aromatic carbocycles. The molecule has 17 heavy (non-hydrogen) atoms. The average Bonchev–Trinajstić information content (AvgIpc) is 2.29. The van der Waals surface area contributed by atoms with Crippen LogP contribution in [-0.4, -0.2) is 15.1 Å². The van der Waals surface area contributed by atoms with Crippen molar-refractivity contribution in [3.05, 3.63) is 52.4 Å². The molecule has 5 heteroatoms. The van der Waals surface area contributed by atoms with Crippen molar-refractivity contribution >= 4 is 11.8 Å². The molecule has 0 saturated heterocycles. The number of nitrogens with one attached hydrogen (secondary N) is 1. The molecule has 0 fully saturated rings. The van der Waals surface area contributed by atoms with Crippen LogP contribution in [0, 0.1) is 0 Å². The van der Waals surface area contributed by atoms with E-state index in [0.29, 0.717) is 5.16 Å². The number of rotatable bonds is 3. The van der Waals surface area contributed by atoms with Gasteiger partial charge in [-0.2, -0.15) is 0 Å². The van der Waals surface area contributed by atoms with Gasteiger partial charge >= 0.3 is 0 Å². The maximum absolute atomic E-state index is 11.1. The van der Waals surface area contributed by atoms with Crippen LogP contribution in [0.25, 0.3) is 0 Å². The zero-order valence-electron chi connectivity index (χ0n) is 9.25. The van der Waals surface area contributed by atoms with Crippen LogP contribution in [0.1, 0.15) is 18.6 Å². The van der Waals surface area contributed by atoms with E-state index in [-0.39, 0.29) is 5.56 Å². The summed E-state index contributed by atoms with van der Waals surface area (Å²) in [7, 11) is 0. The van der Waals surface area contributed by atoms with Gasteiger partial charge in [0.1, 0.15) is 0 Å². The monoisotopic (exact) mass is 248 g/mol. The summed E-state index contributed by atoms with van der Waals surface area (Å²) in [4.78, 5) is 18.7. The highest BCUT2D eigenvalue weighted by Gasteiger charge is 2.09. The zero-order valence-corrected chi connectivity index (χ0v) is 10.1. The van der Waals surface area contributed by atoms with E-state index in [2.05, 4.69) is 9.97 Å². The molecule has 2 aromatic rings. The molecule has 0 spiro atoms. The molecule has 2 rings (SSSR count). The van der Waals surface area contributed by atoms with Crippen LogP contribution in [-0.2, 0) is 0 Å². The van der Waals surface area contributed by atoms with Gasteiger partial charge in [-0.25, -0.2) is 4.98 Å². The molecule has 4 nitrogen and oxygen atoms in total. The molecule has 0 saturated carbocycles. The summed E-state index contributed by atoms with van der Waals surface area (Å²) in [6.07, 6.45) is 0.917. The SMILES string of the molecule is C[C@@H](O)c1ccccc1Sc1nccc(=O)[nH]1. The third-order valence-electron chi connectivity index (χ3n) is 2.22. The lowest BCUT2D eigenvalue weighted by atomic mass is 10.1. The Bertz CT molecular complexity index is 566. The molecular weight excluding hydrogens is 236 g/mol. The largest absolute Gasteiger partial charge is 0.389 e. The van der Waals surface area contributed by atoms with Crippen molar-refractivity contribution < 1.29 is 5.11 Å². The zero-order chi connectivity index (χ0) is 12.3. The van der Waals surface area contributed by atoms with Crippen molar-refractivity contribution in [3.8, 4) is 0 Å². The second-order valence-corrected chi connectivity index (χ2v) is 4.59. The van der Waals surface area contributed by atoms with E-state index >= 15 is 0 Å². The Morgan fingerprint density at radius 1 is 1.35 bits per heavy atom. The van der Waals surface area contributed by atoms with Crippen LogP contribution in [0.15, 0.2) is 51.4 Å². The van der Waals surface area contributed by atoms with Crippen LogP contribution in [0.4, 0.5) is 0 Å². The van der Waals surface area contributed by atoms with E-state index in [1.165, 1.54) is 24.0 Å². The Morgan fingerprint density at radius 2 is 2.12 bits per heavy atom. The minimum Gasteiger partial charge on any atom is -0.389 e. The Balaban J connectivity index is 2.33. The smallest absolute Gasteiger partial charge is 0.251 e. The van der Waals surface area contributed by atoms with Gasteiger partial charge in [0.2, 0.25) is 0 Å². The maximum Gasteiger partial charge on any atom is 0.251 e. The Hall–Kier alpha value is -1.59. The lowest BCUT2D eigenvalue weighted by molar-refractivity contribution is 0.196. The van der Waals surface area contributed by atoms with E-state index < -0.39 is 6.10 Å². The van der Waals surface area contributed by atoms with Crippen molar-refractivity contribution in [1.29, 1.82) is 0 Å². The lowest BCUT2D eigenvalue weighted by Gasteiger charge is -2.10. The normalized spacial score (nSPS) is 12.4. The highest BCUT2D eigenvalue weighted by Crippen LogP contribution is 2.30. The number of hydrogen-bond acceptors (Lipinski definition) is 4. The van der Waals surface area contributed by atoms with Gasteiger partial charge in [0.05, 0.1) is 6.10 Å². The number of aliphatic hydroxyl groups is 1. The van der Waals surface area contributed by atoms with Crippen LogP contribution in [0.3, 0.4) is 0 Å². The van der Waals surface area contributed by atoms with Crippen LogP contribution in [0.5, 0.6) is 0 Å². The third kappa shape index (κ3) is 2.95. The predicted molar refractivity (Wildman–Crippen MR) is 66.1 cm³/mol. The highest BCUT2D eigenvalue weighted by molar-refractivity contribution is 7.99. The Labute approximate surface area is 103 Å². The van der Waals surface area contributed by atoms with E-state index in [0.717, 1.165) is 10.5 Å². The fourth-order valence-electron chi connectivity index (χ4n) is 1.43. The minimum atomic E-state index is -0.547. The fraction of sp³-hybridized carbons (Fsp3) is 0.167. The van der Waals surface area contributed by atoms with Crippen molar-refractivity contribution in [2.45, 2.75) is 23.1 Å². The van der Waals surface area contributed by atoms with Crippen molar-refractivity contribution in [2.75, 3.05) is 0 Å². The summed E-state index contributed by atoms with van der Waals surface area (Å²) in [5, 5.41) is 10.2. The van der Waals surface area contributed by atoms with Crippen LogP contribution in [0.2, 0.25) is 0 Å². The summed E-state index contributed by atoms with van der Waals surface area (Å²) in [5.74, 6) is 0. The molecule has 0 bridgehead atoms. The third-order valence-corrected chi connectivity index (χ3v) is 3.22. The second kappa shape index (κ2) is 5.16. The topological polar surface area (TPSA) is 66.0 Å². The molecule has 88 valence electrons. The van der Waals surface area contributed by atoms with Gasteiger partial charge in [-0.05, 0) is 18.6 Å². The van der Waals surface area contributed by atoms with Gasteiger partial charge in [0, 0.05) is 17.2 Å². The molecule has 0 unspecified atom stereocenters. The van der Waals surface area contributed by atoms with Crippen molar-refractivity contribution in [3.63, 3.8) is 0 Å². The average molecular weight is 248 g/mol. The number of aromatic nitrogens is 2. The second-order valence-electron chi connectivity index (χ2n) is 3.56. The van der Waals surface area contributed by atoms with Crippen LogP contribution < -0.4 is 5.56 Å². The molecule has 0 amide bonds. The Kier molecular flexibility index (Phi) is 3.61. The predicted octanol–water partition coefficient (Wildman–Crippen LogP) is 1.97. The van der Waals surface area contributed by atoms with Crippen molar-refractivity contribution in [1.82, 2.24) is 9.97 Å². The first kappa shape index (κ1) is 11.9. The first-order valence-electron chi connectivity index (χ1n) is 5.17. The van der Waals surface area contributed by atoms with Gasteiger partial charge in [0.25, 0.3) is 5.56 Å². The molecule has 0 aliphatic rings. The van der Waals surface area contributed by atoms with E-state index in [1.807, 2.05) is 24.3 Å². The molecule has 1 aromatic heterocycles.